The second-order valence-corrected chi connectivity index (χ2v) is 7.82. The lowest BCUT2D eigenvalue weighted by Crippen LogP contribution is -2.50. The number of hydrogen-bond acceptors (Lipinski definition) is 5. The molecule has 1 aromatic rings. The Morgan fingerprint density at radius 2 is 1.74 bits per heavy atom. The van der Waals surface area contributed by atoms with Crippen molar-refractivity contribution in [1.29, 1.82) is 0 Å². The van der Waals surface area contributed by atoms with Crippen molar-refractivity contribution in [2.24, 2.45) is 0 Å². The number of nitrogens with zero attached hydrogens (tertiary/aromatic N) is 3. The van der Waals surface area contributed by atoms with Gasteiger partial charge in [-0.05, 0) is 39.7 Å². The zero-order chi connectivity index (χ0) is 19.8. The van der Waals surface area contributed by atoms with E-state index in [1.165, 1.54) is 0 Å². The Labute approximate surface area is 156 Å². The van der Waals surface area contributed by atoms with E-state index >= 15 is 0 Å². The fourth-order valence-corrected chi connectivity index (χ4v) is 2.68. The highest BCUT2D eigenvalue weighted by molar-refractivity contribution is 5.68. The fourth-order valence-electron chi connectivity index (χ4n) is 2.68. The molecular weight excluding hydrogens is 363 g/mol. The third kappa shape index (κ3) is 5.40. The number of ether oxygens (including phenoxy) is 2. The number of rotatable bonds is 3. The SMILES string of the molecule is CC(C)(C)OC(=O)N1CCN(c2cc(C(F)(F)F)cc(OC3CC3)n2)CC1. The molecule has 9 heteroatoms. The first kappa shape index (κ1) is 19.6. The summed E-state index contributed by atoms with van der Waals surface area (Å²) >= 11 is 0. The van der Waals surface area contributed by atoms with Crippen molar-refractivity contribution in [3.63, 3.8) is 0 Å². The van der Waals surface area contributed by atoms with Crippen LogP contribution in [0.1, 0.15) is 39.2 Å². The Bertz CT molecular complexity index is 691. The van der Waals surface area contributed by atoms with Crippen LogP contribution in [0.2, 0.25) is 0 Å². The standard InChI is InChI=1S/C18H24F3N3O3/c1-17(2,3)27-16(25)24-8-6-23(7-9-24)14-10-12(18(19,20)21)11-15(22-14)26-13-4-5-13/h10-11,13H,4-9H2,1-3H3. The molecule has 0 atom stereocenters. The van der Waals surface area contributed by atoms with Crippen molar-refractivity contribution in [2.75, 3.05) is 31.1 Å². The van der Waals surface area contributed by atoms with Crippen LogP contribution in [0.15, 0.2) is 12.1 Å². The van der Waals surface area contributed by atoms with Crippen LogP contribution in [0, 0.1) is 0 Å². The minimum atomic E-state index is -4.47. The highest BCUT2D eigenvalue weighted by Gasteiger charge is 2.34. The normalized spacial score (nSPS) is 18.4. The van der Waals surface area contributed by atoms with Gasteiger partial charge in [-0.2, -0.15) is 18.2 Å². The second kappa shape index (κ2) is 7.09. The first-order valence-electron chi connectivity index (χ1n) is 9.00. The maximum Gasteiger partial charge on any atom is 0.416 e. The van der Waals surface area contributed by atoms with Crippen molar-refractivity contribution in [3.05, 3.63) is 17.7 Å². The van der Waals surface area contributed by atoms with E-state index in [4.69, 9.17) is 9.47 Å². The van der Waals surface area contributed by atoms with E-state index in [0.29, 0.717) is 26.2 Å². The van der Waals surface area contributed by atoms with Gasteiger partial charge >= 0.3 is 12.3 Å². The van der Waals surface area contributed by atoms with E-state index < -0.39 is 23.4 Å². The van der Waals surface area contributed by atoms with Crippen molar-refractivity contribution in [1.82, 2.24) is 9.88 Å². The van der Waals surface area contributed by atoms with E-state index in [0.717, 1.165) is 25.0 Å². The number of aromatic nitrogens is 1. The molecule has 0 aromatic carbocycles. The molecule has 1 aromatic heterocycles. The number of pyridine rings is 1. The van der Waals surface area contributed by atoms with Gasteiger partial charge in [-0.15, -0.1) is 0 Å². The van der Waals surface area contributed by atoms with Crippen molar-refractivity contribution >= 4 is 11.9 Å². The largest absolute Gasteiger partial charge is 0.474 e. The summed E-state index contributed by atoms with van der Waals surface area (Å²) in [6.07, 6.45) is -3.27. The summed E-state index contributed by atoms with van der Waals surface area (Å²) in [5, 5.41) is 0. The van der Waals surface area contributed by atoms with Crippen LogP contribution in [0.25, 0.3) is 0 Å². The van der Waals surface area contributed by atoms with Gasteiger partial charge in [0.25, 0.3) is 0 Å². The minimum absolute atomic E-state index is 0.00287. The number of alkyl halides is 3. The quantitative estimate of drug-likeness (QED) is 0.792. The summed E-state index contributed by atoms with van der Waals surface area (Å²) in [5.41, 5.74) is -1.37. The van der Waals surface area contributed by atoms with Crippen LogP contribution in [0.3, 0.4) is 0 Å². The number of amides is 1. The molecule has 0 bridgehead atoms. The van der Waals surface area contributed by atoms with E-state index in [-0.39, 0.29) is 17.8 Å². The van der Waals surface area contributed by atoms with E-state index in [2.05, 4.69) is 4.98 Å². The third-order valence-electron chi connectivity index (χ3n) is 4.18. The smallest absolute Gasteiger partial charge is 0.416 e. The highest BCUT2D eigenvalue weighted by Crippen LogP contribution is 2.35. The van der Waals surface area contributed by atoms with Gasteiger partial charge in [-0.1, -0.05) is 0 Å². The molecule has 150 valence electrons. The van der Waals surface area contributed by atoms with Crippen molar-refractivity contribution < 1.29 is 27.4 Å². The molecule has 2 fully saturated rings. The monoisotopic (exact) mass is 387 g/mol. The van der Waals surface area contributed by atoms with Crippen molar-refractivity contribution in [2.45, 2.75) is 51.5 Å². The predicted octanol–water partition coefficient (Wildman–Crippen LogP) is 3.70. The molecule has 1 saturated heterocycles. The molecule has 0 unspecified atom stereocenters. The summed E-state index contributed by atoms with van der Waals surface area (Å²) in [7, 11) is 0. The zero-order valence-corrected chi connectivity index (χ0v) is 15.7. The van der Waals surface area contributed by atoms with Crippen LogP contribution in [0.4, 0.5) is 23.8 Å². The molecule has 3 rings (SSSR count). The van der Waals surface area contributed by atoms with Crippen molar-refractivity contribution in [3.8, 4) is 5.88 Å². The Morgan fingerprint density at radius 3 is 2.26 bits per heavy atom. The van der Waals surface area contributed by atoms with Gasteiger partial charge in [-0.25, -0.2) is 4.79 Å². The van der Waals surface area contributed by atoms with E-state index in [9.17, 15) is 18.0 Å². The van der Waals surface area contributed by atoms with Gasteiger partial charge < -0.3 is 19.3 Å². The molecule has 0 N–H and O–H groups in total. The van der Waals surface area contributed by atoms with Crippen LogP contribution in [-0.4, -0.2) is 53.9 Å². The first-order chi connectivity index (χ1) is 12.5. The molecule has 1 aliphatic heterocycles. The molecule has 0 radical (unpaired) electrons. The number of hydrogen-bond donors (Lipinski definition) is 0. The average Bonchev–Trinajstić information content (AvgIpc) is 3.36. The maximum absolute atomic E-state index is 13.2. The molecule has 27 heavy (non-hydrogen) atoms. The molecule has 1 saturated carbocycles. The molecule has 2 aliphatic rings. The van der Waals surface area contributed by atoms with Gasteiger partial charge in [0.05, 0.1) is 5.56 Å². The number of carbonyl (C=O) groups is 1. The van der Waals surface area contributed by atoms with E-state index in [1.54, 1.807) is 30.6 Å². The summed E-state index contributed by atoms with van der Waals surface area (Å²) < 4.78 is 50.5. The highest BCUT2D eigenvalue weighted by atomic mass is 19.4. The summed E-state index contributed by atoms with van der Waals surface area (Å²) in [6.45, 7) is 6.81. The van der Waals surface area contributed by atoms with Crippen LogP contribution in [-0.2, 0) is 10.9 Å². The lowest BCUT2D eigenvalue weighted by Gasteiger charge is -2.36. The number of carbonyl (C=O) groups excluding carboxylic acids is 1. The molecule has 1 amide bonds. The Balaban J connectivity index is 1.70. The van der Waals surface area contributed by atoms with Crippen LogP contribution < -0.4 is 9.64 Å². The third-order valence-corrected chi connectivity index (χ3v) is 4.18. The summed E-state index contributed by atoms with van der Waals surface area (Å²) in [6, 6.07) is 1.97. The summed E-state index contributed by atoms with van der Waals surface area (Å²) in [4.78, 5) is 19.7. The van der Waals surface area contributed by atoms with Gasteiger partial charge in [0.1, 0.15) is 17.5 Å². The Morgan fingerprint density at radius 1 is 1.11 bits per heavy atom. The number of halogens is 3. The van der Waals surface area contributed by atoms with Gasteiger partial charge in [0, 0.05) is 32.2 Å². The maximum atomic E-state index is 13.2. The lowest BCUT2D eigenvalue weighted by atomic mass is 10.2. The number of anilines is 1. The zero-order valence-electron chi connectivity index (χ0n) is 15.7. The Hall–Kier alpha value is -2.19. The minimum Gasteiger partial charge on any atom is -0.474 e. The van der Waals surface area contributed by atoms with E-state index in [1.807, 2.05) is 0 Å². The first-order valence-corrected chi connectivity index (χ1v) is 9.00. The van der Waals surface area contributed by atoms with Gasteiger partial charge in [0.15, 0.2) is 0 Å². The molecular formula is C18H24F3N3O3. The topological polar surface area (TPSA) is 54.9 Å². The summed E-state index contributed by atoms with van der Waals surface area (Å²) in [5.74, 6) is 0.209. The molecule has 2 heterocycles. The van der Waals surface area contributed by atoms with Gasteiger partial charge in [0.2, 0.25) is 5.88 Å². The fraction of sp³-hybridized carbons (Fsp3) is 0.667. The Kier molecular flexibility index (Phi) is 5.14. The van der Waals surface area contributed by atoms with Crippen LogP contribution >= 0.6 is 0 Å². The second-order valence-electron chi connectivity index (χ2n) is 7.82. The molecule has 1 aliphatic carbocycles. The van der Waals surface area contributed by atoms with Crippen LogP contribution in [0.5, 0.6) is 5.88 Å². The van der Waals surface area contributed by atoms with Gasteiger partial charge in [-0.3, -0.25) is 0 Å². The number of piperazine rings is 1. The molecule has 0 spiro atoms. The predicted molar refractivity (Wildman–Crippen MR) is 92.9 cm³/mol. The molecule has 6 nitrogen and oxygen atoms in total. The lowest BCUT2D eigenvalue weighted by molar-refractivity contribution is -0.137. The average molecular weight is 387 g/mol.